The van der Waals surface area contributed by atoms with E-state index in [0.29, 0.717) is 17.7 Å². The van der Waals surface area contributed by atoms with E-state index in [4.69, 9.17) is 9.52 Å². The molecule has 0 atom stereocenters. The number of carboxylic acid groups (broad SMARTS) is 1. The molecule has 2 N–H and O–H groups in total. The Hall–Kier alpha value is -2.08. The second-order valence-corrected chi connectivity index (χ2v) is 7.18. The zero-order chi connectivity index (χ0) is 17.3. The van der Waals surface area contributed by atoms with Crippen LogP contribution in [0, 0.1) is 6.92 Å². The fourth-order valence-electron chi connectivity index (χ4n) is 2.95. The summed E-state index contributed by atoms with van der Waals surface area (Å²) in [7, 11) is 0. The lowest BCUT2D eigenvalue weighted by Crippen LogP contribution is -2.33. The van der Waals surface area contributed by atoms with Crippen LogP contribution < -0.4 is 5.32 Å². The summed E-state index contributed by atoms with van der Waals surface area (Å²) in [5.41, 5.74) is 2.16. The van der Waals surface area contributed by atoms with Gasteiger partial charge in [0.15, 0.2) is 0 Å². The lowest BCUT2D eigenvalue weighted by Gasteiger charge is -2.17. The van der Waals surface area contributed by atoms with Crippen LogP contribution in [0.4, 0.5) is 0 Å². The molecule has 1 amide bonds. The van der Waals surface area contributed by atoms with Crippen LogP contribution in [0.25, 0.3) is 0 Å². The summed E-state index contributed by atoms with van der Waals surface area (Å²) in [6.07, 6.45) is 3.17. The summed E-state index contributed by atoms with van der Waals surface area (Å²) in [6.45, 7) is 2.27. The largest absolute Gasteiger partial charge is 0.481 e. The molecule has 6 heteroatoms. The Balaban J connectivity index is 1.72. The summed E-state index contributed by atoms with van der Waals surface area (Å²) in [6, 6.07) is 8.12. The minimum atomic E-state index is -1.02. The average molecular weight is 392 g/mol. The molecule has 0 spiro atoms. The molecular formula is C18H18BrNO4. The highest BCUT2D eigenvalue weighted by Crippen LogP contribution is 2.48. The summed E-state index contributed by atoms with van der Waals surface area (Å²) in [5, 5.41) is 11.9. The molecule has 24 heavy (non-hydrogen) atoms. The Morgan fingerprint density at radius 3 is 2.75 bits per heavy atom. The summed E-state index contributed by atoms with van der Waals surface area (Å²) >= 11 is 3.48. The van der Waals surface area contributed by atoms with Crippen molar-refractivity contribution in [1.82, 2.24) is 5.32 Å². The van der Waals surface area contributed by atoms with Crippen LogP contribution in [-0.4, -0.2) is 23.5 Å². The van der Waals surface area contributed by atoms with Gasteiger partial charge in [0.1, 0.15) is 12.2 Å². The lowest BCUT2D eigenvalue weighted by molar-refractivity contribution is -0.136. The zero-order valence-electron chi connectivity index (χ0n) is 13.3. The van der Waals surface area contributed by atoms with E-state index in [1.165, 1.54) is 11.8 Å². The smallest absolute Gasteiger partial charge is 0.311 e. The van der Waals surface area contributed by atoms with Crippen molar-refractivity contribution in [3.8, 4) is 0 Å². The summed E-state index contributed by atoms with van der Waals surface area (Å²) in [5.74, 6) is -1.10. The molecule has 1 fully saturated rings. The van der Waals surface area contributed by atoms with E-state index in [0.717, 1.165) is 17.3 Å². The van der Waals surface area contributed by atoms with Crippen LogP contribution >= 0.6 is 15.9 Å². The molecule has 1 aromatic heterocycles. The van der Waals surface area contributed by atoms with Gasteiger partial charge in [-0.05, 0) is 37.5 Å². The van der Waals surface area contributed by atoms with Gasteiger partial charge in [-0.2, -0.15) is 0 Å². The Kier molecular flexibility index (Phi) is 4.49. The highest BCUT2D eigenvalue weighted by molar-refractivity contribution is 9.10. The van der Waals surface area contributed by atoms with Crippen molar-refractivity contribution < 1.29 is 19.1 Å². The average Bonchev–Trinajstić information content (AvgIpc) is 3.24. The van der Waals surface area contributed by atoms with E-state index in [1.54, 1.807) is 6.92 Å². The van der Waals surface area contributed by atoms with Gasteiger partial charge in [-0.15, -0.1) is 0 Å². The Bertz CT molecular complexity index is 792. The molecule has 0 unspecified atom stereocenters. The van der Waals surface area contributed by atoms with Gasteiger partial charge >= 0.3 is 5.97 Å². The molecule has 1 aliphatic rings. The summed E-state index contributed by atoms with van der Waals surface area (Å²) in [4.78, 5) is 23.4. The predicted octanol–water partition coefficient (Wildman–Crippen LogP) is 3.44. The van der Waals surface area contributed by atoms with Gasteiger partial charge in [0.05, 0.1) is 11.8 Å². The van der Waals surface area contributed by atoms with E-state index in [1.807, 2.05) is 12.1 Å². The molecule has 126 valence electrons. The molecule has 3 rings (SSSR count). The maximum Gasteiger partial charge on any atom is 0.311 e. The molecule has 1 aliphatic carbocycles. The SMILES string of the molecule is Cc1coc(CC(=O)O)c1C(=O)NCC1(c2cccc(Br)c2)CC1. The molecule has 0 aliphatic heterocycles. The van der Waals surface area contributed by atoms with E-state index in [9.17, 15) is 9.59 Å². The predicted molar refractivity (Wildman–Crippen MR) is 92.2 cm³/mol. The summed E-state index contributed by atoms with van der Waals surface area (Å²) < 4.78 is 6.25. The van der Waals surface area contributed by atoms with Crippen LogP contribution in [0.2, 0.25) is 0 Å². The number of carbonyl (C=O) groups excluding carboxylic acids is 1. The van der Waals surface area contributed by atoms with Crippen molar-refractivity contribution >= 4 is 27.8 Å². The monoisotopic (exact) mass is 391 g/mol. The standard InChI is InChI=1S/C18H18BrNO4/c1-11-9-24-14(8-15(21)22)16(11)17(23)20-10-18(5-6-18)12-3-2-4-13(19)7-12/h2-4,7,9H,5-6,8,10H2,1H3,(H,20,23)(H,21,22). The Morgan fingerprint density at radius 1 is 1.38 bits per heavy atom. The van der Waals surface area contributed by atoms with Crippen molar-refractivity contribution in [2.45, 2.75) is 31.6 Å². The number of halogens is 1. The Morgan fingerprint density at radius 2 is 2.12 bits per heavy atom. The van der Waals surface area contributed by atoms with Gasteiger partial charge in [-0.3, -0.25) is 9.59 Å². The third-order valence-corrected chi connectivity index (χ3v) is 4.96. The number of hydrogen-bond donors (Lipinski definition) is 2. The molecule has 0 bridgehead atoms. The van der Waals surface area contributed by atoms with Crippen LogP contribution in [0.1, 0.15) is 40.1 Å². The fraction of sp³-hybridized carbons (Fsp3) is 0.333. The van der Waals surface area contributed by atoms with Crippen molar-refractivity contribution in [3.05, 3.63) is 57.5 Å². The highest BCUT2D eigenvalue weighted by atomic mass is 79.9. The quantitative estimate of drug-likeness (QED) is 0.790. The first-order chi connectivity index (χ1) is 11.4. The van der Waals surface area contributed by atoms with E-state index < -0.39 is 5.97 Å². The number of carbonyl (C=O) groups is 2. The van der Waals surface area contributed by atoms with Gasteiger partial charge in [-0.25, -0.2) is 0 Å². The van der Waals surface area contributed by atoms with E-state index in [-0.39, 0.29) is 23.5 Å². The maximum atomic E-state index is 12.5. The highest BCUT2D eigenvalue weighted by Gasteiger charge is 2.44. The molecule has 2 aromatic rings. The number of rotatable bonds is 6. The number of hydrogen-bond acceptors (Lipinski definition) is 3. The van der Waals surface area contributed by atoms with Crippen molar-refractivity contribution in [2.24, 2.45) is 0 Å². The van der Waals surface area contributed by atoms with Gasteiger partial charge in [0.2, 0.25) is 0 Å². The third kappa shape index (κ3) is 3.38. The van der Waals surface area contributed by atoms with Crippen molar-refractivity contribution in [1.29, 1.82) is 0 Å². The van der Waals surface area contributed by atoms with Gasteiger partial charge in [-0.1, -0.05) is 28.1 Å². The maximum absolute atomic E-state index is 12.5. The van der Waals surface area contributed by atoms with Crippen molar-refractivity contribution in [2.75, 3.05) is 6.54 Å². The van der Waals surface area contributed by atoms with Crippen LogP contribution in [0.15, 0.2) is 39.4 Å². The number of aliphatic carboxylic acids is 1. The number of nitrogens with one attached hydrogen (secondary N) is 1. The van der Waals surface area contributed by atoms with Crippen LogP contribution in [-0.2, 0) is 16.6 Å². The first-order valence-electron chi connectivity index (χ1n) is 7.74. The molecule has 1 saturated carbocycles. The topological polar surface area (TPSA) is 79.5 Å². The molecular weight excluding hydrogens is 374 g/mol. The number of carboxylic acids is 1. The molecule has 1 heterocycles. The van der Waals surface area contributed by atoms with Gasteiger partial charge in [0.25, 0.3) is 5.91 Å². The molecule has 0 radical (unpaired) electrons. The minimum absolute atomic E-state index is 0.0238. The number of benzene rings is 1. The zero-order valence-corrected chi connectivity index (χ0v) is 14.9. The van der Waals surface area contributed by atoms with Crippen LogP contribution in [0.3, 0.4) is 0 Å². The van der Waals surface area contributed by atoms with E-state index >= 15 is 0 Å². The fourth-order valence-corrected chi connectivity index (χ4v) is 3.34. The first-order valence-corrected chi connectivity index (χ1v) is 8.54. The minimum Gasteiger partial charge on any atom is -0.481 e. The normalized spacial score (nSPS) is 15.1. The number of furan rings is 1. The third-order valence-electron chi connectivity index (χ3n) is 4.47. The number of aryl methyl sites for hydroxylation is 1. The molecule has 0 saturated heterocycles. The molecule has 5 nitrogen and oxygen atoms in total. The van der Waals surface area contributed by atoms with E-state index in [2.05, 4.69) is 33.4 Å². The number of amides is 1. The van der Waals surface area contributed by atoms with Crippen LogP contribution in [0.5, 0.6) is 0 Å². The van der Waals surface area contributed by atoms with Gasteiger partial charge < -0.3 is 14.8 Å². The molecule has 1 aromatic carbocycles. The van der Waals surface area contributed by atoms with Crippen molar-refractivity contribution in [3.63, 3.8) is 0 Å². The second-order valence-electron chi connectivity index (χ2n) is 6.26. The lowest BCUT2D eigenvalue weighted by atomic mass is 9.96. The second kappa shape index (κ2) is 6.43. The first kappa shape index (κ1) is 16.8. The van der Waals surface area contributed by atoms with Gasteiger partial charge in [0, 0.05) is 22.0 Å². The Labute approximate surface area is 148 Å².